The molecule has 3 N–H and O–H groups in total. The van der Waals surface area contributed by atoms with Crippen LogP contribution in [-0.4, -0.2) is 47.4 Å². The summed E-state index contributed by atoms with van der Waals surface area (Å²) >= 11 is 0. The van der Waals surface area contributed by atoms with E-state index in [4.69, 9.17) is 4.74 Å². The average molecular weight is 1100 g/mol. The van der Waals surface area contributed by atoms with Crippen LogP contribution in [-0.2, 0) is 14.3 Å². The van der Waals surface area contributed by atoms with Gasteiger partial charge in [0.1, 0.15) is 0 Å². The van der Waals surface area contributed by atoms with Gasteiger partial charge in [-0.25, -0.2) is 0 Å². The molecule has 0 aromatic heterocycles. The number of allylic oxidation sites excluding steroid dienone is 2. The molecule has 2 atom stereocenters. The first kappa shape index (κ1) is 76.6. The molecule has 0 fully saturated rings. The monoisotopic (exact) mass is 1100 g/mol. The fourth-order valence-corrected chi connectivity index (χ4v) is 11.6. The Morgan fingerprint density at radius 3 is 0.910 bits per heavy atom. The molecule has 0 radical (unpaired) electrons. The lowest BCUT2D eigenvalue weighted by atomic mass is 10.0. The lowest BCUT2D eigenvalue weighted by Gasteiger charge is -2.22. The molecular formula is C72H141NO5. The van der Waals surface area contributed by atoms with Crippen LogP contribution >= 0.6 is 0 Å². The first-order valence-electron chi connectivity index (χ1n) is 35.9. The molecule has 0 saturated carbocycles. The number of amides is 1. The summed E-state index contributed by atoms with van der Waals surface area (Å²) in [5.41, 5.74) is 0. The number of nitrogens with one attached hydrogen (secondary N) is 1. The maximum Gasteiger partial charge on any atom is 0.305 e. The van der Waals surface area contributed by atoms with E-state index in [2.05, 4.69) is 31.3 Å². The van der Waals surface area contributed by atoms with E-state index in [1.165, 1.54) is 340 Å². The third kappa shape index (κ3) is 63.8. The van der Waals surface area contributed by atoms with Crippen molar-refractivity contribution in [2.45, 2.75) is 424 Å². The van der Waals surface area contributed by atoms with Gasteiger partial charge in [0.05, 0.1) is 25.4 Å². The van der Waals surface area contributed by atoms with E-state index in [0.717, 1.165) is 38.5 Å². The third-order valence-corrected chi connectivity index (χ3v) is 17.1. The summed E-state index contributed by atoms with van der Waals surface area (Å²) in [6.45, 7) is 5.00. The molecule has 1 amide bonds. The van der Waals surface area contributed by atoms with E-state index in [0.29, 0.717) is 25.9 Å². The van der Waals surface area contributed by atoms with Crippen molar-refractivity contribution in [3.05, 3.63) is 12.2 Å². The molecule has 6 nitrogen and oxygen atoms in total. The van der Waals surface area contributed by atoms with Gasteiger partial charge in [-0.15, -0.1) is 0 Å². The molecule has 0 aliphatic heterocycles. The molecular weight excluding hydrogens is 959 g/mol. The summed E-state index contributed by atoms with van der Waals surface area (Å²) in [5, 5.41) is 23.4. The minimum atomic E-state index is -0.665. The summed E-state index contributed by atoms with van der Waals surface area (Å²) in [6, 6.07) is -0.542. The van der Waals surface area contributed by atoms with Crippen molar-refractivity contribution in [2.24, 2.45) is 0 Å². The molecule has 0 saturated heterocycles. The lowest BCUT2D eigenvalue weighted by Crippen LogP contribution is -2.45. The van der Waals surface area contributed by atoms with E-state index in [-0.39, 0.29) is 18.5 Å². The summed E-state index contributed by atoms with van der Waals surface area (Å²) in [7, 11) is 0. The van der Waals surface area contributed by atoms with E-state index >= 15 is 0 Å². The Balaban J connectivity index is 3.36. The molecule has 78 heavy (non-hydrogen) atoms. The van der Waals surface area contributed by atoms with Crippen LogP contribution in [0.5, 0.6) is 0 Å². The van der Waals surface area contributed by atoms with Crippen molar-refractivity contribution in [1.29, 1.82) is 0 Å². The van der Waals surface area contributed by atoms with Crippen LogP contribution in [0.25, 0.3) is 0 Å². The van der Waals surface area contributed by atoms with E-state index in [9.17, 15) is 19.8 Å². The van der Waals surface area contributed by atoms with Crippen molar-refractivity contribution in [3.8, 4) is 0 Å². The van der Waals surface area contributed by atoms with Gasteiger partial charge in [0.25, 0.3) is 0 Å². The van der Waals surface area contributed by atoms with Gasteiger partial charge in [-0.3, -0.25) is 9.59 Å². The van der Waals surface area contributed by atoms with Crippen LogP contribution < -0.4 is 5.32 Å². The van der Waals surface area contributed by atoms with Gasteiger partial charge in [-0.1, -0.05) is 360 Å². The number of esters is 1. The van der Waals surface area contributed by atoms with Crippen molar-refractivity contribution in [2.75, 3.05) is 13.2 Å². The maximum atomic E-state index is 12.5. The van der Waals surface area contributed by atoms with Gasteiger partial charge >= 0.3 is 5.97 Å². The Bertz CT molecular complexity index is 1180. The molecule has 0 aromatic carbocycles. The predicted octanol–water partition coefficient (Wildman–Crippen LogP) is 23.1. The zero-order valence-corrected chi connectivity index (χ0v) is 53.2. The number of rotatable bonds is 68. The number of hydrogen-bond acceptors (Lipinski definition) is 5. The summed E-state index contributed by atoms with van der Waals surface area (Å²) in [5.74, 6) is -0.0118. The Morgan fingerprint density at radius 2 is 0.603 bits per heavy atom. The van der Waals surface area contributed by atoms with Gasteiger partial charge < -0.3 is 20.3 Å². The topological polar surface area (TPSA) is 95.9 Å². The molecule has 0 aliphatic carbocycles. The van der Waals surface area contributed by atoms with Crippen LogP contribution in [0.3, 0.4) is 0 Å². The summed E-state index contributed by atoms with van der Waals surface area (Å²) in [4.78, 5) is 24.6. The highest BCUT2D eigenvalue weighted by atomic mass is 16.5. The molecule has 0 aromatic rings. The number of unbranched alkanes of at least 4 members (excludes halogenated alkanes) is 55. The van der Waals surface area contributed by atoms with Crippen molar-refractivity contribution in [3.63, 3.8) is 0 Å². The van der Waals surface area contributed by atoms with Gasteiger partial charge in [-0.2, -0.15) is 0 Å². The zero-order chi connectivity index (χ0) is 56.4. The Kier molecular flexibility index (Phi) is 66.9. The van der Waals surface area contributed by atoms with Gasteiger partial charge in [-0.05, 0) is 51.4 Å². The smallest absolute Gasteiger partial charge is 0.305 e. The fraction of sp³-hybridized carbons (Fsp3) is 0.944. The SMILES string of the molecule is CCCCCCCCCCCCCCCCCCCCC(O)C(CO)NC(=O)CCCCCCCCCCCCC/C=C\CCCCCCCCCCCCCCOC(=O)CCCCCCCCCCCCCCCCCC. The number of carbonyl (C=O) groups excluding carboxylic acids is 2. The van der Waals surface area contributed by atoms with Gasteiger partial charge in [0, 0.05) is 12.8 Å². The van der Waals surface area contributed by atoms with Gasteiger partial charge in [0.2, 0.25) is 5.91 Å². The largest absolute Gasteiger partial charge is 0.466 e. The third-order valence-electron chi connectivity index (χ3n) is 17.1. The van der Waals surface area contributed by atoms with E-state index < -0.39 is 12.1 Å². The van der Waals surface area contributed by atoms with Crippen molar-refractivity contribution >= 4 is 11.9 Å². The Hall–Kier alpha value is -1.40. The highest BCUT2D eigenvalue weighted by Crippen LogP contribution is 2.19. The predicted molar refractivity (Wildman–Crippen MR) is 343 cm³/mol. The van der Waals surface area contributed by atoms with Crippen molar-refractivity contribution < 1.29 is 24.5 Å². The minimum Gasteiger partial charge on any atom is -0.466 e. The second kappa shape index (κ2) is 68.1. The highest BCUT2D eigenvalue weighted by Gasteiger charge is 2.20. The molecule has 6 heteroatoms. The quantitative estimate of drug-likeness (QED) is 0.0320. The summed E-state index contributed by atoms with van der Waals surface area (Å²) < 4.78 is 5.50. The number of hydrogen-bond donors (Lipinski definition) is 3. The van der Waals surface area contributed by atoms with E-state index in [1.807, 2.05) is 0 Å². The Labute approximate surface area is 489 Å². The van der Waals surface area contributed by atoms with Crippen LogP contribution in [0.2, 0.25) is 0 Å². The molecule has 0 spiro atoms. The number of aliphatic hydroxyl groups excluding tert-OH is 2. The molecule has 0 heterocycles. The average Bonchev–Trinajstić information content (AvgIpc) is 3.44. The molecule has 0 bridgehead atoms. The standard InChI is InChI=1S/C72H141NO5/c1-3-5-7-9-11-13-15-17-19-21-33-36-40-44-48-52-56-60-64-70(75)69(68-74)73-71(76)65-61-57-53-49-45-41-37-34-31-29-27-25-23-22-24-26-28-30-32-35-39-43-47-51-55-59-63-67-78-72(77)66-62-58-54-50-46-42-38-20-18-16-14-12-10-8-6-4-2/h22-23,69-70,74-75H,3-21,24-68H2,1-2H3,(H,73,76)/b23-22-. The highest BCUT2D eigenvalue weighted by molar-refractivity contribution is 5.76. The van der Waals surface area contributed by atoms with Crippen LogP contribution in [0.1, 0.15) is 412 Å². The molecule has 2 unspecified atom stereocenters. The normalized spacial score (nSPS) is 12.5. The number of ether oxygens (including phenoxy) is 1. The number of carbonyl (C=O) groups is 2. The molecule has 0 aliphatic rings. The second-order valence-corrected chi connectivity index (χ2v) is 24.9. The van der Waals surface area contributed by atoms with Crippen LogP contribution in [0.4, 0.5) is 0 Å². The zero-order valence-electron chi connectivity index (χ0n) is 53.2. The van der Waals surface area contributed by atoms with Crippen LogP contribution in [0, 0.1) is 0 Å². The second-order valence-electron chi connectivity index (χ2n) is 24.9. The first-order chi connectivity index (χ1) is 38.5. The van der Waals surface area contributed by atoms with Crippen LogP contribution in [0.15, 0.2) is 12.2 Å². The molecule has 0 rings (SSSR count). The fourth-order valence-electron chi connectivity index (χ4n) is 11.6. The maximum absolute atomic E-state index is 12.5. The lowest BCUT2D eigenvalue weighted by molar-refractivity contribution is -0.143. The summed E-state index contributed by atoms with van der Waals surface area (Å²) in [6.07, 6.45) is 84.0. The molecule has 464 valence electrons. The van der Waals surface area contributed by atoms with Gasteiger partial charge in [0.15, 0.2) is 0 Å². The minimum absolute atomic E-state index is 0.0197. The van der Waals surface area contributed by atoms with Crippen molar-refractivity contribution in [1.82, 2.24) is 5.32 Å². The number of aliphatic hydroxyl groups is 2. The first-order valence-corrected chi connectivity index (χ1v) is 35.9. The van der Waals surface area contributed by atoms with E-state index in [1.54, 1.807) is 0 Å². The Morgan fingerprint density at radius 1 is 0.346 bits per heavy atom.